The molecule has 1 aromatic carbocycles. The lowest BCUT2D eigenvalue weighted by Crippen LogP contribution is -2.45. The highest BCUT2D eigenvalue weighted by Crippen LogP contribution is 2.41. The molecule has 0 heterocycles. The lowest BCUT2D eigenvalue weighted by Gasteiger charge is -2.29. The molecule has 0 saturated heterocycles. The van der Waals surface area contributed by atoms with Gasteiger partial charge in [-0.2, -0.15) is 0 Å². The summed E-state index contributed by atoms with van der Waals surface area (Å²) in [6.45, 7) is 4.03. The summed E-state index contributed by atoms with van der Waals surface area (Å²) in [5, 5.41) is 3.09. The van der Waals surface area contributed by atoms with Crippen molar-refractivity contribution in [2.24, 2.45) is 0 Å². The molecule has 18 heavy (non-hydrogen) atoms. The van der Waals surface area contributed by atoms with Crippen LogP contribution in [-0.2, 0) is 10.2 Å². The minimum atomic E-state index is -0.301. The first-order valence-electron chi connectivity index (χ1n) is 6.61. The Morgan fingerprint density at radius 1 is 1.22 bits per heavy atom. The molecule has 0 bridgehead atoms. The monoisotopic (exact) mass is 309 g/mol. The molecular weight excluding hydrogens is 290 g/mol. The van der Waals surface area contributed by atoms with Crippen LogP contribution in [0.5, 0.6) is 0 Å². The Morgan fingerprint density at radius 3 is 2.28 bits per heavy atom. The van der Waals surface area contributed by atoms with Crippen LogP contribution in [0, 0.1) is 0 Å². The fraction of sp³-hybridized carbons (Fsp3) is 0.533. The Kier molecular flexibility index (Phi) is 4.10. The zero-order chi connectivity index (χ0) is 13.2. The first-order valence-corrected chi connectivity index (χ1v) is 7.41. The molecule has 1 N–H and O–H groups in total. The van der Waals surface area contributed by atoms with Gasteiger partial charge in [0.2, 0.25) is 5.91 Å². The molecule has 1 aromatic rings. The standard InChI is InChI=1S/C15H20BrNO/c1-11(2)17-14(18)15(9-3-4-10-15)12-5-7-13(16)8-6-12/h5-8,11H,3-4,9-10H2,1-2H3,(H,17,18). The summed E-state index contributed by atoms with van der Waals surface area (Å²) in [5.41, 5.74) is 0.853. The zero-order valence-corrected chi connectivity index (χ0v) is 12.6. The summed E-state index contributed by atoms with van der Waals surface area (Å²) in [6, 6.07) is 8.41. The maximum atomic E-state index is 12.5. The normalized spacial score (nSPS) is 18.0. The van der Waals surface area contributed by atoms with Crippen molar-refractivity contribution < 1.29 is 4.79 Å². The Balaban J connectivity index is 2.32. The van der Waals surface area contributed by atoms with E-state index in [1.165, 1.54) is 0 Å². The van der Waals surface area contributed by atoms with Gasteiger partial charge in [-0.1, -0.05) is 40.9 Å². The first-order chi connectivity index (χ1) is 8.54. The van der Waals surface area contributed by atoms with Crippen LogP contribution in [0.1, 0.15) is 45.1 Å². The predicted molar refractivity (Wildman–Crippen MR) is 77.6 cm³/mol. The first kappa shape index (κ1) is 13.6. The Bertz CT molecular complexity index is 419. The average molecular weight is 310 g/mol. The SMILES string of the molecule is CC(C)NC(=O)C1(c2ccc(Br)cc2)CCCC1. The summed E-state index contributed by atoms with van der Waals surface area (Å²) in [6.07, 6.45) is 4.21. The Hall–Kier alpha value is -0.830. The topological polar surface area (TPSA) is 29.1 Å². The van der Waals surface area contributed by atoms with Crippen molar-refractivity contribution in [3.8, 4) is 0 Å². The summed E-state index contributed by atoms with van der Waals surface area (Å²) >= 11 is 3.45. The van der Waals surface area contributed by atoms with Gasteiger partial charge in [0.15, 0.2) is 0 Å². The van der Waals surface area contributed by atoms with Crippen LogP contribution in [0.2, 0.25) is 0 Å². The predicted octanol–water partition coefficient (Wildman–Crippen LogP) is 3.79. The molecule has 2 nitrogen and oxygen atoms in total. The third-order valence-corrected chi connectivity index (χ3v) is 4.24. The molecule has 1 saturated carbocycles. The van der Waals surface area contributed by atoms with Gasteiger partial charge in [-0.25, -0.2) is 0 Å². The highest BCUT2D eigenvalue weighted by atomic mass is 79.9. The van der Waals surface area contributed by atoms with Gasteiger partial charge in [-0.05, 0) is 44.4 Å². The number of hydrogen-bond acceptors (Lipinski definition) is 1. The number of carbonyl (C=O) groups excluding carboxylic acids is 1. The van der Waals surface area contributed by atoms with Gasteiger partial charge in [0.1, 0.15) is 0 Å². The van der Waals surface area contributed by atoms with Crippen molar-refractivity contribution in [1.29, 1.82) is 0 Å². The number of nitrogens with one attached hydrogen (secondary N) is 1. The van der Waals surface area contributed by atoms with Gasteiger partial charge in [0.25, 0.3) is 0 Å². The van der Waals surface area contributed by atoms with E-state index in [0.29, 0.717) is 0 Å². The summed E-state index contributed by atoms with van der Waals surface area (Å²) < 4.78 is 1.06. The largest absolute Gasteiger partial charge is 0.353 e. The van der Waals surface area contributed by atoms with Crippen molar-refractivity contribution in [1.82, 2.24) is 5.32 Å². The van der Waals surface area contributed by atoms with Crippen molar-refractivity contribution in [3.05, 3.63) is 34.3 Å². The number of halogens is 1. The average Bonchev–Trinajstić information content (AvgIpc) is 2.79. The quantitative estimate of drug-likeness (QED) is 0.904. The molecule has 2 rings (SSSR count). The maximum Gasteiger partial charge on any atom is 0.230 e. The number of amides is 1. The smallest absolute Gasteiger partial charge is 0.230 e. The minimum Gasteiger partial charge on any atom is -0.353 e. The molecule has 0 aromatic heterocycles. The van der Waals surface area contributed by atoms with E-state index in [-0.39, 0.29) is 17.4 Å². The van der Waals surface area contributed by atoms with Crippen molar-refractivity contribution >= 4 is 21.8 Å². The molecule has 0 spiro atoms. The van der Waals surface area contributed by atoms with E-state index in [2.05, 4.69) is 33.4 Å². The van der Waals surface area contributed by atoms with E-state index in [4.69, 9.17) is 0 Å². The molecule has 1 aliphatic rings. The Morgan fingerprint density at radius 2 is 1.78 bits per heavy atom. The van der Waals surface area contributed by atoms with Gasteiger partial charge >= 0.3 is 0 Å². The highest BCUT2D eigenvalue weighted by Gasteiger charge is 2.42. The third-order valence-electron chi connectivity index (χ3n) is 3.71. The van der Waals surface area contributed by atoms with E-state index in [1.54, 1.807) is 0 Å². The summed E-state index contributed by atoms with van der Waals surface area (Å²) in [5.74, 6) is 0.192. The lowest BCUT2D eigenvalue weighted by atomic mass is 9.78. The molecule has 3 heteroatoms. The molecule has 0 radical (unpaired) electrons. The van der Waals surface area contributed by atoms with E-state index in [9.17, 15) is 4.79 Å². The van der Waals surface area contributed by atoms with Gasteiger partial charge < -0.3 is 5.32 Å². The van der Waals surface area contributed by atoms with Crippen LogP contribution >= 0.6 is 15.9 Å². The maximum absolute atomic E-state index is 12.5. The van der Waals surface area contributed by atoms with Crippen LogP contribution < -0.4 is 5.32 Å². The fourth-order valence-electron chi connectivity index (χ4n) is 2.79. The van der Waals surface area contributed by atoms with Gasteiger partial charge in [-0.15, -0.1) is 0 Å². The second kappa shape index (κ2) is 5.43. The fourth-order valence-corrected chi connectivity index (χ4v) is 3.06. The molecule has 1 fully saturated rings. The van der Waals surface area contributed by atoms with E-state index in [0.717, 1.165) is 35.7 Å². The number of carbonyl (C=O) groups is 1. The molecule has 0 atom stereocenters. The summed E-state index contributed by atoms with van der Waals surface area (Å²) in [4.78, 5) is 12.5. The Labute approximate surface area is 117 Å². The van der Waals surface area contributed by atoms with E-state index < -0.39 is 0 Å². The van der Waals surface area contributed by atoms with Gasteiger partial charge in [0.05, 0.1) is 5.41 Å². The highest BCUT2D eigenvalue weighted by molar-refractivity contribution is 9.10. The van der Waals surface area contributed by atoms with Gasteiger partial charge in [-0.3, -0.25) is 4.79 Å². The van der Waals surface area contributed by atoms with Crippen molar-refractivity contribution in [2.75, 3.05) is 0 Å². The summed E-state index contributed by atoms with van der Waals surface area (Å²) in [7, 11) is 0. The molecule has 0 unspecified atom stereocenters. The van der Waals surface area contributed by atoms with Crippen molar-refractivity contribution in [2.45, 2.75) is 51.0 Å². The molecule has 98 valence electrons. The second-order valence-corrected chi connectivity index (χ2v) is 6.34. The minimum absolute atomic E-state index is 0.192. The van der Waals surface area contributed by atoms with Crippen LogP contribution in [0.4, 0.5) is 0 Å². The zero-order valence-electron chi connectivity index (χ0n) is 11.0. The molecule has 0 aliphatic heterocycles. The molecule has 1 aliphatic carbocycles. The lowest BCUT2D eigenvalue weighted by molar-refractivity contribution is -0.127. The van der Waals surface area contributed by atoms with Crippen molar-refractivity contribution in [3.63, 3.8) is 0 Å². The molecular formula is C15H20BrNO. The number of rotatable bonds is 3. The van der Waals surface area contributed by atoms with Gasteiger partial charge in [0, 0.05) is 10.5 Å². The van der Waals surface area contributed by atoms with E-state index in [1.807, 2.05) is 26.0 Å². The van der Waals surface area contributed by atoms with Crippen LogP contribution in [0.25, 0.3) is 0 Å². The van der Waals surface area contributed by atoms with E-state index >= 15 is 0 Å². The molecule has 1 amide bonds. The van der Waals surface area contributed by atoms with Crippen LogP contribution in [0.3, 0.4) is 0 Å². The number of benzene rings is 1. The second-order valence-electron chi connectivity index (χ2n) is 5.42. The third kappa shape index (κ3) is 2.61. The number of hydrogen-bond donors (Lipinski definition) is 1. The van der Waals surface area contributed by atoms with Crippen LogP contribution in [0.15, 0.2) is 28.7 Å². The van der Waals surface area contributed by atoms with Crippen LogP contribution in [-0.4, -0.2) is 11.9 Å².